The maximum Gasteiger partial charge on any atom is 0.324 e. The number of esters is 2. The van der Waals surface area contributed by atoms with Crippen LogP contribution in [0.2, 0.25) is 0 Å². The summed E-state index contributed by atoms with van der Waals surface area (Å²) in [6.45, 7) is 4.13. The number of hydrogen-bond acceptors (Lipinski definition) is 6. The Bertz CT molecular complexity index is 1270. The van der Waals surface area contributed by atoms with Gasteiger partial charge in [-0.05, 0) is 70.1 Å². The Kier molecular flexibility index (Phi) is 6.29. The minimum atomic E-state index is -1.06. The third-order valence-electron chi connectivity index (χ3n) is 7.27. The summed E-state index contributed by atoms with van der Waals surface area (Å²) < 4.78 is 10.9. The lowest BCUT2D eigenvalue weighted by Gasteiger charge is -2.21. The van der Waals surface area contributed by atoms with Crippen molar-refractivity contribution in [3.8, 4) is 45.6 Å². The number of rotatable bonds is 6. The Labute approximate surface area is 219 Å². The van der Waals surface area contributed by atoms with E-state index in [-0.39, 0.29) is 25.2 Å². The topological polar surface area (TPSA) is 52.6 Å². The first-order chi connectivity index (χ1) is 17.4. The van der Waals surface area contributed by atoms with Crippen LogP contribution in [-0.2, 0) is 44.7 Å². The maximum atomic E-state index is 13.2. The molecule has 2 aliphatic rings. The molecule has 182 valence electrons. The summed E-state index contributed by atoms with van der Waals surface area (Å²) in [6.07, 6.45) is 13.6. The van der Waals surface area contributed by atoms with E-state index in [0.29, 0.717) is 25.7 Å². The van der Waals surface area contributed by atoms with E-state index in [1.165, 1.54) is 0 Å². The minimum Gasteiger partial charge on any atom is -0.465 e. The van der Waals surface area contributed by atoms with Gasteiger partial charge in [0.05, 0.1) is 13.2 Å². The van der Waals surface area contributed by atoms with Crippen LogP contribution >= 0.6 is 22.7 Å². The van der Waals surface area contributed by atoms with Gasteiger partial charge in [-0.15, -0.1) is 35.5 Å². The highest BCUT2D eigenvalue weighted by Gasteiger charge is 2.51. The number of carbonyl (C=O) groups is 2. The molecule has 1 aromatic carbocycles. The highest BCUT2D eigenvalue weighted by atomic mass is 32.1. The van der Waals surface area contributed by atoms with Crippen LogP contribution in [0.4, 0.5) is 0 Å². The van der Waals surface area contributed by atoms with Gasteiger partial charge >= 0.3 is 11.9 Å². The standard InChI is InChI=1S/C30H26O4S2/c1-5-29(27(31)33-7-3)15-19-20(16-29)26(24-12-10-14-36-24)22-18-30(6-2,28(32)34-8-4)17-21(22)25(19)23-11-9-13-35-23/h1-2,9-14H,7-8,15-18H2,3-4H3. The van der Waals surface area contributed by atoms with E-state index in [2.05, 4.69) is 24.0 Å². The van der Waals surface area contributed by atoms with E-state index >= 15 is 0 Å². The summed E-state index contributed by atoms with van der Waals surface area (Å²) in [6, 6.07) is 8.17. The second-order valence-corrected chi connectivity index (χ2v) is 11.1. The second kappa shape index (κ2) is 9.28. The first kappa shape index (κ1) is 24.4. The average molecular weight is 515 g/mol. The van der Waals surface area contributed by atoms with Gasteiger partial charge in [-0.25, -0.2) is 0 Å². The van der Waals surface area contributed by atoms with Crippen LogP contribution < -0.4 is 0 Å². The van der Waals surface area contributed by atoms with Crippen LogP contribution in [0.3, 0.4) is 0 Å². The number of carbonyl (C=O) groups excluding carboxylic acids is 2. The number of fused-ring (bicyclic) bond motifs is 2. The predicted molar refractivity (Wildman–Crippen MR) is 144 cm³/mol. The first-order valence-corrected chi connectivity index (χ1v) is 13.8. The minimum absolute atomic E-state index is 0.273. The maximum absolute atomic E-state index is 13.2. The zero-order valence-corrected chi connectivity index (χ0v) is 21.9. The molecule has 36 heavy (non-hydrogen) atoms. The second-order valence-electron chi connectivity index (χ2n) is 9.22. The van der Waals surface area contributed by atoms with E-state index in [9.17, 15) is 9.59 Å². The highest BCUT2D eigenvalue weighted by molar-refractivity contribution is 7.14. The molecule has 0 saturated carbocycles. The van der Waals surface area contributed by atoms with Crippen molar-refractivity contribution in [2.75, 3.05) is 13.2 Å². The summed E-state index contributed by atoms with van der Waals surface area (Å²) in [5, 5.41) is 4.07. The fourth-order valence-electron chi connectivity index (χ4n) is 5.67. The fraction of sp³-hybridized carbons (Fsp3) is 0.333. The molecule has 0 amide bonds. The van der Waals surface area contributed by atoms with E-state index in [1.54, 1.807) is 36.5 Å². The van der Waals surface area contributed by atoms with Gasteiger partial charge in [0.2, 0.25) is 0 Å². The molecule has 4 nitrogen and oxygen atoms in total. The summed E-state index contributed by atoms with van der Waals surface area (Å²) >= 11 is 3.26. The Morgan fingerprint density at radius 1 is 0.778 bits per heavy atom. The zero-order valence-electron chi connectivity index (χ0n) is 20.3. The zero-order chi connectivity index (χ0) is 25.5. The van der Waals surface area contributed by atoms with Gasteiger partial charge in [-0.1, -0.05) is 24.0 Å². The number of benzene rings is 1. The van der Waals surface area contributed by atoms with Crippen LogP contribution in [0.1, 0.15) is 36.1 Å². The molecule has 3 aromatic rings. The van der Waals surface area contributed by atoms with E-state index < -0.39 is 10.8 Å². The number of ether oxygens (including phenoxy) is 2. The van der Waals surface area contributed by atoms with Gasteiger partial charge in [-0.2, -0.15) is 0 Å². The third-order valence-corrected chi connectivity index (χ3v) is 9.04. The Morgan fingerprint density at radius 2 is 1.14 bits per heavy atom. The molecule has 2 aromatic heterocycles. The van der Waals surface area contributed by atoms with Crippen LogP contribution in [0.25, 0.3) is 20.9 Å². The number of terminal acetylenes is 2. The summed E-state index contributed by atoms with van der Waals surface area (Å²) in [5.74, 6) is 4.92. The largest absolute Gasteiger partial charge is 0.465 e. The molecular formula is C30H26O4S2. The molecule has 0 aliphatic heterocycles. The Morgan fingerprint density at radius 3 is 1.39 bits per heavy atom. The van der Waals surface area contributed by atoms with E-state index in [4.69, 9.17) is 22.3 Å². The summed E-state index contributed by atoms with van der Waals surface area (Å²) in [7, 11) is 0. The van der Waals surface area contributed by atoms with Gasteiger partial charge in [0.25, 0.3) is 0 Å². The van der Waals surface area contributed by atoms with Gasteiger partial charge in [0, 0.05) is 35.4 Å². The van der Waals surface area contributed by atoms with Crippen molar-refractivity contribution in [1.82, 2.24) is 0 Å². The lowest BCUT2D eigenvalue weighted by atomic mass is 9.83. The Balaban J connectivity index is 1.80. The van der Waals surface area contributed by atoms with Crippen LogP contribution in [0, 0.1) is 35.5 Å². The molecule has 0 bridgehead atoms. The fourth-order valence-corrected chi connectivity index (χ4v) is 7.32. The number of hydrogen-bond donors (Lipinski definition) is 0. The molecule has 2 aliphatic carbocycles. The Hall–Kier alpha value is -3.32. The average Bonchev–Trinajstić information content (AvgIpc) is 3.68. The SMILES string of the molecule is C#CC1(C(=O)OCC)Cc2c(c(-c3cccs3)c3c(c2-c2cccs2)CC(C#C)(C(=O)OCC)C3)C1. The van der Waals surface area contributed by atoms with Crippen molar-refractivity contribution >= 4 is 34.6 Å². The van der Waals surface area contributed by atoms with E-state index in [0.717, 1.165) is 43.1 Å². The molecule has 6 heteroatoms. The van der Waals surface area contributed by atoms with Gasteiger partial charge in [-0.3, -0.25) is 9.59 Å². The molecule has 0 saturated heterocycles. The molecule has 0 fully saturated rings. The van der Waals surface area contributed by atoms with Gasteiger partial charge < -0.3 is 9.47 Å². The molecule has 2 heterocycles. The van der Waals surface area contributed by atoms with Crippen molar-refractivity contribution < 1.29 is 19.1 Å². The molecule has 5 rings (SSSR count). The van der Waals surface area contributed by atoms with Crippen molar-refractivity contribution in [2.45, 2.75) is 39.5 Å². The molecule has 0 radical (unpaired) electrons. The molecule has 0 unspecified atom stereocenters. The lowest BCUT2D eigenvalue weighted by Crippen LogP contribution is -2.33. The monoisotopic (exact) mass is 514 g/mol. The summed E-state index contributed by atoms with van der Waals surface area (Å²) in [4.78, 5) is 28.5. The highest BCUT2D eigenvalue weighted by Crippen LogP contribution is 2.55. The summed E-state index contributed by atoms with van der Waals surface area (Å²) in [5.41, 5.74) is 4.22. The molecular weight excluding hydrogens is 488 g/mol. The first-order valence-electron chi connectivity index (χ1n) is 12.0. The van der Waals surface area contributed by atoms with E-state index in [1.807, 2.05) is 22.9 Å². The van der Waals surface area contributed by atoms with Gasteiger partial charge in [0.15, 0.2) is 0 Å². The van der Waals surface area contributed by atoms with Crippen LogP contribution in [0.5, 0.6) is 0 Å². The lowest BCUT2D eigenvalue weighted by molar-refractivity contribution is -0.152. The van der Waals surface area contributed by atoms with Crippen molar-refractivity contribution in [3.63, 3.8) is 0 Å². The van der Waals surface area contributed by atoms with Crippen molar-refractivity contribution in [3.05, 3.63) is 57.3 Å². The number of thiophene rings is 2. The molecule has 0 N–H and O–H groups in total. The smallest absolute Gasteiger partial charge is 0.324 e. The van der Waals surface area contributed by atoms with Crippen LogP contribution in [-0.4, -0.2) is 25.2 Å². The molecule has 0 spiro atoms. The van der Waals surface area contributed by atoms with Crippen LogP contribution in [0.15, 0.2) is 35.0 Å². The van der Waals surface area contributed by atoms with Crippen molar-refractivity contribution in [1.29, 1.82) is 0 Å². The molecule has 0 atom stereocenters. The van der Waals surface area contributed by atoms with Gasteiger partial charge in [0.1, 0.15) is 10.8 Å². The third kappa shape index (κ3) is 3.60. The normalized spacial score (nSPS) is 16.4. The van der Waals surface area contributed by atoms with Crippen molar-refractivity contribution in [2.24, 2.45) is 10.8 Å². The quantitative estimate of drug-likeness (QED) is 0.313. The predicted octanol–water partition coefficient (Wildman–Crippen LogP) is 5.71.